The summed E-state index contributed by atoms with van der Waals surface area (Å²) >= 11 is 0. The van der Waals surface area contributed by atoms with Crippen LogP contribution in [0, 0.1) is 11.6 Å². The van der Waals surface area contributed by atoms with Crippen LogP contribution in [0.2, 0.25) is 0 Å². The second kappa shape index (κ2) is 10.5. The fourth-order valence-corrected chi connectivity index (χ4v) is 3.07. The summed E-state index contributed by atoms with van der Waals surface area (Å²) in [4.78, 5) is 8.82. The highest BCUT2D eigenvalue weighted by atomic mass is 127. The van der Waals surface area contributed by atoms with Crippen molar-refractivity contribution in [2.45, 2.75) is 13.0 Å². The van der Waals surface area contributed by atoms with Crippen molar-refractivity contribution in [3.05, 3.63) is 53.4 Å². The van der Waals surface area contributed by atoms with Crippen molar-refractivity contribution in [3.8, 4) is 0 Å². The average Bonchev–Trinajstić information content (AvgIpc) is 3.12. The summed E-state index contributed by atoms with van der Waals surface area (Å²) < 4.78 is 31.3. The zero-order valence-electron chi connectivity index (χ0n) is 15.2. The van der Waals surface area contributed by atoms with E-state index >= 15 is 0 Å². The first-order valence-electron chi connectivity index (χ1n) is 8.66. The van der Waals surface area contributed by atoms with Gasteiger partial charge in [0.1, 0.15) is 17.9 Å². The van der Waals surface area contributed by atoms with Gasteiger partial charge in [-0.25, -0.2) is 8.78 Å². The largest absolute Gasteiger partial charge is 0.364 e. The number of halogens is 3. The highest BCUT2D eigenvalue weighted by Gasteiger charge is 2.20. The number of guanidine groups is 1. The topological polar surface area (TPSA) is 56.9 Å². The van der Waals surface area contributed by atoms with Crippen molar-refractivity contribution >= 4 is 29.9 Å². The number of piperazine rings is 1. The molecule has 0 spiro atoms. The highest BCUT2D eigenvalue weighted by molar-refractivity contribution is 14.0. The Morgan fingerprint density at radius 2 is 1.89 bits per heavy atom. The maximum absolute atomic E-state index is 13.2. The second-order valence-electron chi connectivity index (χ2n) is 6.26. The highest BCUT2D eigenvalue weighted by Crippen LogP contribution is 2.09. The average molecular weight is 491 g/mol. The Kier molecular flexibility index (Phi) is 8.42. The molecule has 2 aromatic rings. The first kappa shape index (κ1) is 21.5. The molecule has 1 saturated heterocycles. The maximum Gasteiger partial charge on any atom is 0.193 e. The van der Waals surface area contributed by atoms with Gasteiger partial charge >= 0.3 is 0 Å². The molecule has 148 valence electrons. The first-order chi connectivity index (χ1) is 12.6. The Bertz CT molecular complexity index is 713. The first-order valence-corrected chi connectivity index (χ1v) is 8.66. The van der Waals surface area contributed by atoms with E-state index in [1.807, 2.05) is 6.07 Å². The summed E-state index contributed by atoms with van der Waals surface area (Å²) in [5, 5.41) is 7.21. The van der Waals surface area contributed by atoms with E-state index in [2.05, 4.69) is 25.3 Å². The van der Waals surface area contributed by atoms with Gasteiger partial charge < -0.3 is 14.7 Å². The molecule has 1 aliphatic heterocycles. The molecule has 0 atom stereocenters. The van der Waals surface area contributed by atoms with E-state index in [0.717, 1.165) is 50.4 Å². The number of hydrogen-bond donors (Lipinski definition) is 1. The van der Waals surface area contributed by atoms with Gasteiger partial charge in [-0.15, -0.1) is 24.0 Å². The standard InChI is InChI=1S/C18H23F2N5O.HI/c1-21-18(22-4-2-14-10-15(19)12-16(20)11-14)25-7-5-24(6-8-25)13-17-3-9-26-23-17;/h3,9-12H,2,4-8,13H2,1H3,(H,21,22);1H. The molecule has 1 aromatic carbocycles. The van der Waals surface area contributed by atoms with Crippen LogP contribution in [0.3, 0.4) is 0 Å². The van der Waals surface area contributed by atoms with Crippen LogP contribution in [0.1, 0.15) is 11.3 Å². The summed E-state index contributed by atoms with van der Waals surface area (Å²) in [6.45, 7) is 4.86. The molecule has 0 amide bonds. The van der Waals surface area contributed by atoms with Crippen molar-refractivity contribution < 1.29 is 13.3 Å². The van der Waals surface area contributed by atoms with E-state index < -0.39 is 11.6 Å². The minimum atomic E-state index is -0.549. The predicted octanol–water partition coefficient (Wildman–Crippen LogP) is 2.51. The summed E-state index contributed by atoms with van der Waals surface area (Å²) in [5.74, 6) is -0.289. The van der Waals surface area contributed by atoms with E-state index in [-0.39, 0.29) is 24.0 Å². The fraction of sp³-hybridized carbons (Fsp3) is 0.444. The van der Waals surface area contributed by atoms with Crippen LogP contribution in [0.5, 0.6) is 0 Å². The summed E-state index contributed by atoms with van der Waals surface area (Å²) in [5.41, 5.74) is 1.56. The zero-order valence-corrected chi connectivity index (χ0v) is 17.5. The van der Waals surface area contributed by atoms with Crippen molar-refractivity contribution in [2.75, 3.05) is 39.8 Å². The van der Waals surface area contributed by atoms with E-state index in [0.29, 0.717) is 18.5 Å². The second-order valence-corrected chi connectivity index (χ2v) is 6.26. The van der Waals surface area contributed by atoms with Crippen LogP contribution in [0.4, 0.5) is 8.78 Å². The van der Waals surface area contributed by atoms with Crippen LogP contribution in [-0.2, 0) is 13.0 Å². The smallest absolute Gasteiger partial charge is 0.193 e. The molecule has 0 aliphatic carbocycles. The minimum Gasteiger partial charge on any atom is -0.364 e. The van der Waals surface area contributed by atoms with Gasteiger partial charge in [0.25, 0.3) is 0 Å². The Morgan fingerprint density at radius 3 is 2.48 bits per heavy atom. The Hall–Kier alpha value is -1.75. The molecule has 27 heavy (non-hydrogen) atoms. The third kappa shape index (κ3) is 6.42. The molecule has 1 aromatic heterocycles. The van der Waals surface area contributed by atoms with Crippen molar-refractivity contribution in [1.29, 1.82) is 0 Å². The molecule has 6 nitrogen and oxygen atoms in total. The Labute approximate surface area is 174 Å². The van der Waals surface area contributed by atoms with Gasteiger partial charge in [0.2, 0.25) is 0 Å². The van der Waals surface area contributed by atoms with Gasteiger partial charge in [0, 0.05) is 58.4 Å². The Morgan fingerprint density at radius 1 is 1.19 bits per heavy atom. The number of aromatic nitrogens is 1. The van der Waals surface area contributed by atoms with Gasteiger partial charge in [0.05, 0.1) is 5.69 Å². The molecular formula is C18H24F2IN5O. The van der Waals surface area contributed by atoms with Gasteiger partial charge in [-0.3, -0.25) is 9.89 Å². The molecule has 1 aliphatic rings. The number of benzene rings is 1. The molecule has 1 N–H and O–H groups in total. The van der Waals surface area contributed by atoms with E-state index in [1.54, 1.807) is 13.3 Å². The zero-order chi connectivity index (χ0) is 18.4. The van der Waals surface area contributed by atoms with Crippen molar-refractivity contribution in [1.82, 2.24) is 20.3 Å². The SMILES string of the molecule is CN=C(NCCc1cc(F)cc(F)c1)N1CCN(Cc2ccon2)CC1.I. The summed E-state index contributed by atoms with van der Waals surface area (Å²) in [7, 11) is 1.74. The molecule has 0 saturated carbocycles. The van der Waals surface area contributed by atoms with Crippen molar-refractivity contribution in [3.63, 3.8) is 0 Å². The Balaban J connectivity index is 0.00000261. The van der Waals surface area contributed by atoms with Crippen LogP contribution in [0.25, 0.3) is 0 Å². The minimum absolute atomic E-state index is 0. The third-order valence-corrected chi connectivity index (χ3v) is 4.38. The number of nitrogens with one attached hydrogen (secondary N) is 1. The fourth-order valence-electron chi connectivity index (χ4n) is 3.07. The van der Waals surface area contributed by atoms with Crippen LogP contribution in [-0.4, -0.2) is 60.7 Å². The lowest BCUT2D eigenvalue weighted by Gasteiger charge is -2.36. The van der Waals surface area contributed by atoms with Crippen LogP contribution in [0.15, 0.2) is 40.0 Å². The molecule has 0 radical (unpaired) electrons. The molecule has 9 heteroatoms. The van der Waals surface area contributed by atoms with E-state index in [1.165, 1.54) is 12.1 Å². The van der Waals surface area contributed by atoms with Gasteiger partial charge in [0.15, 0.2) is 5.96 Å². The lowest BCUT2D eigenvalue weighted by Crippen LogP contribution is -2.52. The molecule has 0 bridgehead atoms. The molecule has 1 fully saturated rings. The van der Waals surface area contributed by atoms with Crippen LogP contribution < -0.4 is 5.32 Å². The van der Waals surface area contributed by atoms with Gasteiger partial charge in [-0.2, -0.15) is 0 Å². The summed E-state index contributed by atoms with van der Waals surface area (Å²) in [6.07, 6.45) is 2.11. The monoisotopic (exact) mass is 491 g/mol. The molecule has 2 heterocycles. The maximum atomic E-state index is 13.2. The lowest BCUT2D eigenvalue weighted by molar-refractivity contribution is 0.169. The molecule has 0 unspecified atom stereocenters. The number of aliphatic imine (C=N–C) groups is 1. The predicted molar refractivity (Wildman–Crippen MR) is 110 cm³/mol. The summed E-state index contributed by atoms with van der Waals surface area (Å²) in [6, 6.07) is 5.48. The number of nitrogens with zero attached hydrogens (tertiary/aromatic N) is 4. The van der Waals surface area contributed by atoms with Gasteiger partial charge in [-0.05, 0) is 24.1 Å². The third-order valence-electron chi connectivity index (χ3n) is 4.38. The van der Waals surface area contributed by atoms with E-state index in [9.17, 15) is 8.78 Å². The van der Waals surface area contributed by atoms with Gasteiger partial charge in [-0.1, -0.05) is 5.16 Å². The van der Waals surface area contributed by atoms with Crippen LogP contribution >= 0.6 is 24.0 Å². The quantitative estimate of drug-likeness (QED) is 0.396. The number of rotatable bonds is 5. The van der Waals surface area contributed by atoms with Crippen molar-refractivity contribution in [2.24, 2.45) is 4.99 Å². The lowest BCUT2D eigenvalue weighted by atomic mass is 10.1. The normalized spacial score (nSPS) is 15.5. The molecular weight excluding hydrogens is 467 g/mol. The molecule has 3 rings (SSSR count). The van der Waals surface area contributed by atoms with E-state index in [4.69, 9.17) is 4.52 Å². The number of hydrogen-bond acceptors (Lipinski definition) is 4.